The maximum absolute atomic E-state index is 11.5. The van der Waals surface area contributed by atoms with E-state index in [0.29, 0.717) is 19.5 Å². The summed E-state index contributed by atoms with van der Waals surface area (Å²) in [5.74, 6) is 0.986. The number of thioether (sulfide) groups is 1. The molecule has 84 valence electrons. The normalized spacial score (nSPS) is 10.2. The first kappa shape index (κ1) is 13.7. The molecule has 1 amide bonds. The van der Waals surface area contributed by atoms with Gasteiger partial charge in [0.2, 0.25) is 5.91 Å². The molecule has 0 radical (unpaired) electrons. The number of hydrogen-bond acceptors (Lipinski definition) is 4. The average Bonchev–Trinajstić information content (AvgIpc) is 2.18. The summed E-state index contributed by atoms with van der Waals surface area (Å²) < 4.78 is 0. The molecule has 2 N–H and O–H groups in total. The predicted octanol–water partition coefficient (Wildman–Crippen LogP) is -0.0572. The zero-order valence-electron chi connectivity index (χ0n) is 8.61. The highest BCUT2D eigenvalue weighted by molar-refractivity contribution is 7.98. The summed E-state index contributed by atoms with van der Waals surface area (Å²) in [6.07, 6.45) is 3.36. The van der Waals surface area contributed by atoms with Crippen LogP contribution in [0.2, 0.25) is 0 Å². The van der Waals surface area contributed by atoms with E-state index in [4.69, 9.17) is 10.2 Å². The molecule has 0 saturated carbocycles. The summed E-state index contributed by atoms with van der Waals surface area (Å²) >= 11 is 1.71. The van der Waals surface area contributed by atoms with Crippen molar-refractivity contribution < 1.29 is 15.0 Å². The first-order valence-corrected chi connectivity index (χ1v) is 6.14. The van der Waals surface area contributed by atoms with E-state index in [0.717, 1.165) is 12.2 Å². The first-order valence-electron chi connectivity index (χ1n) is 4.74. The maximum Gasteiger partial charge on any atom is 0.222 e. The molecule has 0 bridgehead atoms. The Labute approximate surface area is 89.3 Å². The minimum Gasteiger partial charge on any atom is -0.395 e. The molecule has 4 nitrogen and oxygen atoms in total. The van der Waals surface area contributed by atoms with Crippen LogP contribution >= 0.6 is 11.8 Å². The lowest BCUT2D eigenvalue weighted by Crippen LogP contribution is -2.35. The molecule has 14 heavy (non-hydrogen) atoms. The van der Waals surface area contributed by atoms with E-state index in [-0.39, 0.29) is 19.1 Å². The highest BCUT2D eigenvalue weighted by atomic mass is 32.2. The number of aliphatic hydroxyl groups excluding tert-OH is 2. The third-order valence-electron chi connectivity index (χ3n) is 1.83. The van der Waals surface area contributed by atoms with Crippen molar-refractivity contribution >= 4 is 17.7 Å². The molecule has 0 aromatic heterocycles. The summed E-state index contributed by atoms with van der Waals surface area (Å²) in [6.45, 7) is 0.542. The molecule has 0 rings (SSSR count). The van der Waals surface area contributed by atoms with Gasteiger partial charge in [-0.25, -0.2) is 0 Å². The molecule has 0 unspecified atom stereocenters. The molecule has 0 aliphatic rings. The van der Waals surface area contributed by atoms with Gasteiger partial charge in [0.05, 0.1) is 13.2 Å². The van der Waals surface area contributed by atoms with Crippen molar-refractivity contribution in [1.82, 2.24) is 4.90 Å². The maximum atomic E-state index is 11.5. The Kier molecular flexibility index (Phi) is 9.13. The van der Waals surface area contributed by atoms with Crippen molar-refractivity contribution in [3.8, 4) is 0 Å². The van der Waals surface area contributed by atoms with Crippen molar-refractivity contribution in [3.05, 3.63) is 0 Å². The van der Waals surface area contributed by atoms with Crippen molar-refractivity contribution in [3.63, 3.8) is 0 Å². The minimum absolute atomic E-state index is 0.0159. The zero-order valence-corrected chi connectivity index (χ0v) is 9.42. The Morgan fingerprint density at radius 1 is 1.29 bits per heavy atom. The lowest BCUT2D eigenvalue weighted by Gasteiger charge is -2.20. The lowest BCUT2D eigenvalue weighted by molar-refractivity contribution is -0.132. The van der Waals surface area contributed by atoms with E-state index in [9.17, 15) is 4.79 Å². The van der Waals surface area contributed by atoms with E-state index >= 15 is 0 Å². The molecule has 0 aromatic carbocycles. The van der Waals surface area contributed by atoms with Gasteiger partial charge in [0.25, 0.3) is 0 Å². The zero-order chi connectivity index (χ0) is 10.8. The average molecular weight is 221 g/mol. The Morgan fingerprint density at radius 2 is 1.86 bits per heavy atom. The standard InChI is InChI=1S/C9H19NO3S/c1-14-8-2-3-9(13)10(4-6-11)5-7-12/h11-12H,2-8H2,1H3. The van der Waals surface area contributed by atoms with Crippen LogP contribution in [0.25, 0.3) is 0 Å². The highest BCUT2D eigenvalue weighted by Crippen LogP contribution is 2.02. The largest absolute Gasteiger partial charge is 0.395 e. The van der Waals surface area contributed by atoms with Gasteiger partial charge in [-0.05, 0) is 18.4 Å². The summed E-state index contributed by atoms with van der Waals surface area (Å²) in [7, 11) is 0. The van der Waals surface area contributed by atoms with Gasteiger partial charge in [-0.2, -0.15) is 11.8 Å². The molecule has 0 aromatic rings. The van der Waals surface area contributed by atoms with Gasteiger partial charge in [0, 0.05) is 19.5 Å². The third kappa shape index (κ3) is 6.23. The Morgan fingerprint density at radius 3 is 2.29 bits per heavy atom. The second-order valence-corrected chi connectivity index (χ2v) is 3.91. The number of hydrogen-bond donors (Lipinski definition) is 2. The number of aliphatic hydroxyl groups is 2. The van der Waals surface area contributed by atoms with Crippen LogP contribution in [0, 0.1) is 0 Å². The van der Waals surface area contributed by atoms with Crippen molar-refractivity contribution in [2.75, 3.05) is 38.3 Å². The van der Waals surface area contributed by atoms with Gasteiger partial charge < -0.3 is 15.1 Å². The van der Waals surface area contributed by atoms with Gasteiger partial charge in [0.1, 0.15) is 0 Å². The number of carbonyl (C=O) groups is 1. The van der Waals surface area contributed by atoms with Crippen molar-refractivity contribution in [1.29, 1.82) is 0 Å². The number of carbonyl (C=O) groups excluding carboxylic acids is 1. The second-order valence-electron chi connectivity index (χ2n) is 2.92. The summed E-state index contributed by atoms with van der Waals surface area (Å²) in [5.41, 5.74) is 0. The predicted molar refractivity (Wildman–Crippen MR) is 58.4 cm³/mol. The van der Waals surface area contributed by atoms with Crippen LogP contribution in [-0.2, 0) is 4.79 Å². The van der Waals surface area contributed by atoms with E-state index in [1.165, 1.54) is 4.90 Å². The second kappa shape index (κ2) is 9.30. The van der Waals surface area contributed by atoms with Gasteiger partial charge in [-0.1, -0.05) is 0 Å². The molecule has 0 atom stereocenters. The van der Waals surface area contributed by atoms with Gasteiger partial charge >= 0.3 is 0 Å². The van der Waals surface area contributed by atoms with Gasteiger partial charge in [-0.15, -0.1) is 0 Å². The Hall–Kier alpha value is -0.260. The summed E-state index contributed by atoms with van der Waals surface area (Å²) in [6, 6.07) is 0. The van der Waals surface area contributed by atoms with Crippen LogP contribution in [0.15, 0.2) is 0 Å². The molecule has 0 aliphatic heterocycles. The fourth-order valence-corrected chi connectivity index (χ4v) is 1.56. The van der Waals surface area contributed by atoms with Crippen LogP contribution in [-0.4, -0.2) is 59.3 Å². The number of nitrogens with zero attached hydrogens (tertiary/aromatic N) is 1. The van der Waals surface area contributed by atoms with E-state index < -0.39 is 0 Å². The third-order valence-corrected chi connectivity index (χ3v) is 2.53. The van der Waals surface area contributed by atoms with Crippen molar-refractivity contribution in [2.24, 2.45) is 0 Å². The summed E-state index contributed by atoms with van der Waals surface area (Å²) in [4.78, 5) is 13.0. The topological polar surface area (TPSA) is 60.8 Å². The van der Waals surface area contributed by atoms with Gasteiger partial charge in [0.15, 0.2) is 0 Å². The van der Waals surface area contributed by atoms with E-state index in [1.54, 1.807) is 11.8 Å². The molecule has 0 spiro atoms. The monoisotopic (exact) mass is 221 g/mol. The Balaban J connectivity index is 3.76. The molecular formula is C9H19NO3S. The van der Waals surface area contributed by atoms with Crippen LogP contribution in [0.5, 0.6) is 0 Å². The molecule has 0 aliphatic carbocycles. The van der Waals surface area contributed by atoms with E-state index in [1.807, 2.05) is 6.26 Å². The van der Waals surface area contributed by atoms with E-state index in [2.05, 4.69) is 0 Å². The fraction of sp³-hybridized carbons (Fsp3) is 0.889. The first-order chi connectivity index (χ1) is 6.76. The number of amides is 1. The van der Waals surface area contributed by atoms with Crippen LogP contribution in [0.4, 0.5) is 0 Å². The smallest absolute Gasteiger partial charge is 0.222 e. The fourth-order valence-electron chi connectivity index (χ4n) is 1.13. The molecule has 0 fully saturated rings. The summed E-state index contributed by atoms with van der Waals surface area (Å²) in [5, 5.41) is 17.4. The van der Waals surface area contributed by atoms with Crippen LogP contribution in [0.1, 0.15) is 12.8 Å². The molecule has 0 saturated heterocycles. The minimum atomic E-state index is -0.0474. The Bertz CT molecular complexity index is 149. The molecule has 5 heteroatoms. The van der Waals surface area contributed by atoms with Crippen molar-refractivity contribution in [2.45, 2.75) is 12.8 Å². The molecular weight excluding hydrogens is 202 g/mol. The quantitative estimate of drug-likeness (QED) is 0.564. The van der Waals surface area contributed by atoms with Crippen LogP contribution < -0.4 is 0 Å². The number of rotatable bonds is 8. The van der Waals surface area contributed by atoms with Crippen LogP contribution in [0.3, 0.4) is 0 Å². The highest BCUT2D eigenvalue weighted by Gasteiger charge is 2.11. The van der Waals surface area contributed by atoms with Gasteiger partial charge in [-0.3, -0.25) is 4.79 Å². The lowest BCUT2D eigenvalue weighted by atomic mass is 10.3. The SMILES string of the molecule is CSCCCC(=O)N(CCO)CCO. The molecule has 0 heterocycles.